The lowest BCUT2D eigenvalue weighted by molar-refractivity contribution is 0.174. The normalized spacial score (nSPS) is 12.2. The smallest absolute Gasteiger partial charge is 0.262 e. The standard InChI is InChI=1S/C23H20N4O6S/c1-4-7-27-22(28)14-9-18-19(32-12-31-18)10-15(14)24-23(27)34-11-20-25-21(26-33-20)13-5-6-16(29-2)17(8-13)30-3/h4-6,8-10H,1,7,11-12H2,2-3H3. The van der Waals surface area contributed by atoms with E-state index in [-0.39, 0.29) is 12.4 Å². The van der Waals surface area contributed by atoms with Gasteiger partial charge in [0.15, 0.2) is 28.2 Å². The van der Waals surface area contributed by atoms with E-state index in [0.717, 1.165) is 5.56 Å². The molecule has 4 aromatic rings. The van der Waals surface area contributed by atoms with Crippen LogP contribution in [0.3, 0.4) is 0 Å². The van der Waals surface area contributed by atoms with Crippen LogP contribution in [0.25, 0.3) is 22.3 Å². The molecular weight excluding hydrogens is 460 g/mol. The molecule has 1 aliphatic rings. The van der Waals surface area contributed by atoms with E-state index in [4.69, 9.17) is 23.5 Å². The summed E-state index contributed by atoms with van der Waals surface area (Å²) in [5, 5.41) is 5.01. The van der Waals surface area contributed by atoms with Crippen molar-refractivity contribution in [3.63, 3.8) is 0 Å². The maximum absolute atomic E-state index is 13.1. The third-order valence-electron chi connectivity index (χ3n) is 5.16. The van der Waals surface area contributed by atoms with Gasteiger partial charge in [-0.05, 0) is 24.3 Å². The van der Waals surface area contributed by atoms with Gasteiger partial charge in [0.05, 0.1) is 30.9 Å². The fraction of sp³-hybridized carbons (Fsp3) is 0.217. The summed E-state index contributed by atoms with van der Waals surface area (Å²) in [6.45, 7) is 4.18. The lowest BCUT2D eigenvalue weighted by Gasteiger charge is -2.11. The quantitative estimate of drug-likeness (QED) is 0.210. The molecule has 1 aliphatic heterocycles. The van der Waals surface area contributed by atoms with Crippen molar-refractivity contribution in [2.24, 2.45) is 0 Å². The van der Waals surface area contributed by atoms with Gasteiger partial charge in [-0.1, -0.05) is 23.0 Å². The van der Waals surface area contributed by atoms with E-state index in [1.165, 1.54) is 11.8 Å². The summed E-state index contributed by atoms with van der Waals surface area (Å²) in [5.41, 5.74) is 1.05. The molecule has 0 amide bonds. The van der Waals surface area contributed by atoms with Gasteiger partial charge in [0.25, 0.3) is 5.56 Å². The first-order valence-corrected chi connectivity index (χ1v) is 11.2. The molecule has 5 rings (SSSR count). The lowest BCUT2D eigenvalue weighted by Crippen LogP contribution is -2.22. The monoisotopic (exact) mass is 480 g/mol. The van der Waals surface area contributed by atoms with Crippen molar-refractivity contribution >= 4 is 22.7 Å². The summed E-state index contributed by atoms with van der Waals surface area (Å²) in [6.07, 6.45) is 1.65. The molecular formula is C23H20N4O6S. The van der Waals surface area contributed by atoms with Gasteiger partial charge in [-0.25, -0.2) is 4.98 Å². The molecule has 0 saturated heterocycles. The topological polar surface area (TPSA) is 111 Å². The maximum Gasteiger partial charge on any atom is 0.262 e. The number of thioether (sulfide) groups is 1. The summed E-state index contributed by atoms with van der Waals surface area (Å²) in [4.78, 5) is 22.3. The SMILES string of the molecule is C=CCn1c(SCc2nc(-c3ccc(OC)c(OC)c3)no2)nc2cc3c(cc2c1=O)OCO3. The highest BCUT2D eigenvalue weighted by atomic mass is 32.2. The molecule has 0 unspecified atom stereocenters. The average molecular weight is 481 g/mol. The van der Waals surface area contributed by atoms with Crippen LogP contribution in [-0.4, -0.2) is 40.7 Å². The minimum atomic E-state index is -0.192. The third kappa shape index (κ3) is 3.94. The Balaban J connectivity index is 1.43. The summed E-state index contributed by atoms with van der Waals surface area (Å²) < 4.78 is 28.4. The van der Waals surface area contributed by atoms with Gasteiger partial charge in [-0.2, -0.15) is 4.98 Å². The van der Waals surface area contributed by atoms with Gasteiger partial charge in [0.1, 0.15) is 0 Å². The summed E-state index contributed by atoms with van der Waals surface area (Å²) in [5.74, 6) is 3.39. The summed E-state index contributed by atoms with van der Waals surface area (Å²) >= 11 is 1.32. The molecule has 0 spiro atoms. The van der Waals surface area contributed by atoms with E-state index in [2.05, 4.69) is 21.7 Å². The molecule has 0 bridgehead atoms. The van der Waals surface area contributed by atoms with Crippen LogP contribution in [0.5, 0.6) is 23.0 Å². The average Bonchev–Trinajstić information content (AvgIpc) is 3.52. The minimum absolute atomic E-state index is 0.119. The third-order valence-corrected chi connectivity index (χ3v) is 6.12. The largest absolute Gasteiger partial charge is 0.493 e. The van der Waals surface area contributed by atoms with Crippen LogP contribution < -0.4 is 24.5 Å². The van der Waals surface area contributed by atoms with Gasteiger partial charge in [-0.15, -0.1) is 6.58 Å². The van der Waals surface area contributed by atoms with Crippen molar-refractivity contribution < 1.29 is 23.5 Å². The van der Waals surface area contributed by atoms with Gasteiger partial charge < -0.3 is 23.5 Å². The number of benzene rings is 2. The molecule has 174 valence electrons. The number of methoxy groups -OCH3 is 2. The van der Waals surface area contributed by atoms with Gasteiger partial charge >= 0.3 is 0 Å². The first kappa shape index (κ1) is 21.8. The van der Waals surface area contributed by atoms with Gasteiger partial charge in [0, 0.05) is 18.2 Å². The second kappa shape index (κ2) is 9.10. The van der Waals surface area contributed by atoms with E-state index in [1.807, 2.05) is 6.07 Å². The fourth-order valence-electron chi connectivity index (χ4n) is 3.52. The first-order chi connectivity index (χ1) is 16.6. The number of aromatic nitrogens is 4. The molecule has 10 nitrogen and oxygen atoms in total. The Morgan fingerprint density at radius 1 is 1.12 bits per heavy atom. The zero-order valence-electron chi connectivity index (χ0n) is 18.4. The predicted octanol–water partition coefficient (Wildman–Crippen LogP) is 3.67. The van der Waals surface area contributed by atoms with Crippen LogP contribution >= 0.6 is 11.8 Å². The van der Waals surface area contributed by atoms with E-state index < -0.39 is 0 Å². The maximum atomic E-state index is 13.1. The number of nitrogens with zero attached hydrogens (tertiary/aromatic N) is 4. The second-order valence-corrected chi connectivity index (χ2v) is 8.13. The van der Waals surface area contributed by atoms with Gasteiger partial charge in [-0.3, -0.25) is 9.36 Å². The molecule has 0 aliphatic carbocycles. The molecule has 2 aromatic carbocycles. The van der Waals surface area contributed by atoms with E-state index in [0.29, 0.717) is 63.1 Å². The lowest BCUT2D eigenvalue weighted by atomic mass is 10.2. The second-order valence-electron chi connectivity index (χ2n) is 7.19. The zero-order chi connectivity index (χ0) is 23.7. The Hall–Kier alpha value is -3.99. The molecule has 0 radical (unpaired) electrons. The molecule has 11 heteroatoms. The van der Waals surface area contributed by atoms with E-state index in [1.54, 1.807) is 49.1 Å². The Labute approximate surface area is 198 Å². The van der Waals surface area contributed by atoms with Crippen molar-refractivity contribution in [1.29, 1.82) is 0 Å². The highest BCUT2D eigenvalue weighted by Gasteiger charge is 2.20. The number of hydrogen-bond donors (Lipinski definition) is 0. The Morgan fingerprint density at radius 3 is 2.68 bits per heavy atom. The van der Waals surface area contributed by atoms with Crippen molar-refractivity contribution in [1.82, 2.24) is 19.7 Å². The van der Waals surface area contributed by atoms with Crippen molar-refractivity contribution in [2.75, 3.05) is 21.0 Å². The Bertz CT molecular complexity index is 1450. The zero-order valence-corrected chi connectivity index (χ0v) is 19.3. The van der Waals surface area contributed by atoms with Crippen molar-refractivity contribution in [3.8, 4) is 34.4 Å². The summed E-state index contributed by atoms with van der Waals surface area (Å²) in [6, 6.07) is 8.74. The van der Waals surface area contributed by atoms with Gasteiger partial charge in [0.2, 0.25) is 18.5 Å². The number of ether oxygens (including phenoxy) is 4. The van der Waals surface area contributed by atoms with Crippen LogP contribution in [0.2, 0.25) is 0 Å². The van der Waals surface area contributed by atoms with E-state index >= 15 is 0 Å². The van der Waals surface area contributed by atoms with Crippen LogP contribution in [0.4, 0.5) is 0 Å². The predicted molar refractivity (Wildman–Crippen MR) is 125 cm³/mol. The molecule has 0 saturated carbocycles. The summed E-state index contributed by atoms with van der Waals surface area (Å²) in [7, 11) is 3.13. The fourth-order valence-corrected chi connectivity index (χ4v) is 4.37. The molecule has 0 atom stereocenters. The van der Waals surface area contributed by atoms with Crippen molar-refractivity contribution in [3.05, 3.63) is 59.2 Å². The van der Waals surface area contributed by atoms with Crippen LogP contribution in [-0.2, 0) is 12.3 Å². The van der Waals surface area contributed by atoms with Crippen LogP contribution in [0.15, 0.2) is 57.5 Å². The highest BCUT2D eigenvalue weighted by molar-refractivity contribution is 7.98. The Morgan fingerprint density at radius 2 is 1.91 bits per heavy atom. The minimum Gasteiger partial charge on any atom is -0.493 e. The molecule has 2 aromatic heterocycles. The first-order valence-electron chi connectivity index (χ1n) is 10.2. The molecule has 0 fully saturated rings. The molecule has 34 heavy (non-hydrogen) atoms. The molecule has 0 N–H and O–H groups in total. The van der Waals surface area contributed by atoms with Crippen LogP contribution in [0.1, 0.15) is 5.89 Å². The highest BCUT2D eigenvalue weighted by Crippen LogP contribution is 2.35. The number of fused-ring (bicyclic) bond motifs is 2. The number of hydrogen-bond acceptors (Lipinski definition) is 10. The number of rotatable bonds is 8. The van der Waals surface area contributed by atoms with Crippen molar-refractivity contribution in [2.45, 2.75) is 17.5 Å². The molecule has 3 heterocycles. The number of allylic oxidation sites excluding steroid dienone is 1. The Kier molecular flexibility index (Phi) is 5.84. The van der Waals surface area contributed by atoms with E-state index in [9.17, 15) is 4.79 Å². The van der Waals surface area contributed by atoms with Crippen LogP contribution in [0, 0.1) is 0 Å².